The highest BCUT2D eigenvalue weighted by Gasteiger charge is 2.13. The summed E-state index contributed by atoms with van der Waals surface area (Å²) in [6, 6.07) is 7.45. The number of amides is 1. The minimum atomic E-state index is -0.306. The fourth-order valence-corrected chi connectivity index (χ4v) is 2.59. The molecule has 0 aliphatic rings. The summed E-state index contributed by atoms with van der Waals surface area (Å²) in [6.45, 7) is 5.10. The van der Waals surface area contributed by atoms with E-state index in [1.165, 1.54) is 18.3 Å². The normalized spacial score (nSPS) is 10.2. The Hall–Kier alpha value is -2.21. The molecule has 0 saturated heterocycles. The van der Waals surface area contributed by atoms with E-state index in [2.05, 4.69) is 10.3 Å². The maximum absolute atomic E-state index is 11.8. The molecule has 0 spiro atoms. The van der Waals surface area contributed by atoms with E-state index in [0.717, 1.165) is 5.56 Å². The lowest BCUT2D eigenvalue weighted by Crippen LogP contribution is -2.20. The van der Waals surface area contributed by atoms with Gasteiger partial charge in [-0.25, -0.2) is 4.98 Å². The van der Waals surface area contributed by atoms with Crippen molar-refractivity contribution in [2.45, 2.75) is 20.8 Å². The highest BCUT2D eigenvalue weighted by atomic mass is 32.1. The van der Waals surface area contributed by atoms with E-state index in [1.54, 1.807) is 6.92 Å². The van der Waals surface area contributed by atoms with Crippen LogP contribution < -0.4 is 10.1 Å². The number of ketones is 1. The van der Waals surface area contributed by atoms with Gasteiger partial charge in [-0.15, -0.1) is 0 Å². The molecule has 21 heavy (non-hydrogen) atoms. The number of anilines is 1. The largest absolute Gasteiger partial charge is 0.484 e. The topological polar surface area (TPSA) is 68.3 Å². The predicted octanol–water partition coefficient (Wildman–Crippen LogP) is 2.98. The number of nitrogens with zero attached hydrogens (tertiary/aromatic N) is 1. The van der Waals surface area contributed by atoms with Crippen molar-refractivity contribution in [3.63, 3.8) is 0 Å². The third-order valence-electron chi connectivity index (χ3n) is 2.75. The minimum absolute atomic E-state index is 0.0543. The van der Waals surface area contributed by atoms with Gasteiger partial charge in [-0.3, -0.25) is 14.9 Å². The highest BCUT2D eigenvalue weighted by Crippen LogP contribution is 2.22. The monoisotopic (exact) mass is 304 g/mol. The SMILES string of the molecule is CC(=O)c1sc(NC(=O)COc2ccc(C)cc2)nc1C. The maximum Gasteiger partial charge on any atom is 0.264 e. The first-order valence-corrected chi connectivity index (χ1v) is 7.25. The number of hydrogen-bond donors (Lipinski definition) is 1. The number of hydrogen-bond acceptors (Lipinski definition) is 5. The second kappa shape index (κ2) is 6.49. The van der Waals surface area contributed by atoms with Crippen LogP contribution in [0.4, 0.5) is 5.13 Å². The lowest BCUT2D eigenvalue weighted by atomic mass is 10.2. The molecule has 0 atom stereocenters. The molecule has 0 bridgehead atoms. The van der Waals surface area contributed by atoms with Crippen LogP contribution in [0.5, 0.6) is 5.75 Å². The first-order chi connectivity index (χ1) is 9.95. The Kier molecular flexibility index (Phi) is 4.70. The Balaban J connectivity index is 1.91. The standard InChI is InChI=1S/C15H16N2O3S/c1-9-4-6-12(7-5-9)20-8-13(19)17-15-16-10(2)14(21-15)11(3)18/h4-7H,8H2,1-3H3,(H,16,17,19). The summed E-state index contributed by atoms with van der Waals surface area (Å²) in [7, 11) is 0. The molecule has 1 aromatic heterocycles. The predicted molar refractivity (Wildman–Crippen MR) is 82.2 cm³/mol. The van der Waals surface area contributed by atoms with Gasteiger partial charge in [0, 0.05) is 6.92 Å². The summed E-state index contributed by atoms with van der Waals surface area (Å²) in [5.41, 5.74) is 1.75. The van der Waals surface area contributed by atoms with Crippen LogP contribution >= 0.6 is 11.3 Å². The first kappa shape index (κ1) is 15.2. The highest BCUT2D eigenvalue weighted by molar-refractivity contribution is 7.17. The molecule has 1 aromatic carbocycles. The van der Waals surface area contributed by atoms with E-state index in [0.29, 0.717) is 21.5 Å². The van der Waals surface area contributed by atoms with Crippen molar-refractivity contribution in [2.24, 2.45) is 0 Å². The van der Waals surface area contributed by atoms with Crippen molar-refractivity contribution in [3.05, 3.63) is 40.4 Å². The van der Waals surface area contributed by atoms with E-state index < -0.39 is 0 Å². The number of aryl methyl sites for hydroxylation is 2. The Labute approximate surface area is 127 Å². The number of Topliss-reactive ketones (excluding diaryl/α,β-unsaturated/α-hetero) is 1. The summed E-state index contributed by atoms with van der Waals surface area (Å²) in [5.74, 6) is 0.274. The smallest absolute Gasteiger partial charge is 0.264 e. The molecule has 0 aliphatic heterocycles. The Morgan fingerprint density at radius 2 is 1.90 bits per heavy atom. The number of carbonyl (C=O) groups is 2. The van der Waals surface area contributed by atoms with Crippen LogP contribution in [0.15, 0.2) is 24.3 Å². The van der Waals surface area contributed by atoms with Crippen LogP contribution in [0, 0.1) is 13.8 Å². The van der Waals surface area contributed by atoms with Crippen molar-refractivity contribution >= 4 is 28.2 Å². The molecule has 6 heteroatoms. The Morgan fingerprint density at radius 1 is 1.24 bits per heavy atom. The summed E-state index contributed by atoms with van der Waals surface area (Å²) < 4.78 is 5.38. The zero-order valence-corrected chi connectivity index (χ0v) is 12.9. The van der Waals surface area contributed by atoms with Crippen molar-refractivity contribution in [3.8, 4) is 5.75 Å². The molecular formula is C15H16N2O3S. The summed E-state index contributed by atoms with van der Waals surface area (Å²) in [6.07, 6.45) is 0. The molecular weight excluding hydrogens is 288 g/mol. The van der Waals surface area contributed by atoms with E-state index in [1.807, 2.05) is 31.2 Å². The van der Waals surface area contributed by atoms with Gasteiger partial charge in [0.15, 0.2) is 17.5 Å². The molecule has 0 radical (unpaired) electrons. The third-order valence-corrected chi connectivity index (χ3v) is 3.93. The van der Waals surface area contributed by atoms with E-state index in [-0.39, 0.29) is 18.3 Å². The van der Waals surface area contributed by atoms with Crippen LogP contribution in [0.25, 0.3) is 0 Å². The Bertz CT molecular complexity index is 662. The second-order valence-corrected chi connectivity index (χ2v) is 5.64. The summed E-state index contributed by atoms with van der Waals surface area (Å²) in [5, 5.41) is 3.04. The van der Waals surface area contributed by atoms with Gasteiger partial charge in [0.1, 0.15) is 5.75 Å². The van der Waals surface area contributed by atoms with Gasteiger partial charge >= 0.3 is 0 Å². The lowest BCUT2D eigenvalue weighted by Gasteiger charge is -2.05. The number of aromatic nitrogens is 1. The maximum atomic E-state index is 11.8. The molecule has 5 nitrogen and oxygen atoms in total. The van der Waals surface area contributed by atoms with Gasteiger partial charge in [0.05, 0.1) is 10.6 Å². The molecule has 0 saturated carbocycles. The van der Waals surface area contributed by atoms with Gasteiger partial charge in [-0.1, -0.05) is 29.0 Å². The molecule has 2 rings (SSSR count). The van der Waals surface area contributed by atoms with Crippen molar-refractivity contribution in [2.75, 3.05) is 11.9 Å². The number of thiazole rings is 1. The second-order valence-electron chi connectivity index (χ2n) is 4.64. The van der Waals surface area contributed by atoms with Crippen LogP contribution in [-0.2, 0) is 4.79 Å². The van der Waals surface area contributed by atoms with Gasteiger partial charge in [-0.2, -0.15) is 0 Å². The van der Waals surface area contributed by atoms with E-state index in [9.17, 15) is 9.59 Å². The molecule has 1 amide bonds. The molecule has 1 heterocycles. The molecule has 1 N–H and O–H groups in total. The van der Waals surface area contributed by atoms with Gasteiger partial charge < -0.3 is 4.74 Å². The van der Waals surface area contributed by atoms with E-state index in [4.69, 9.17) is 4.74 Å². The van der Waals surface area contributed by atoms with Crippen molar-refractivity contribution in [1.82, 2.24) is 4.98 Å². The average Bonchev–Trinajstić information content (AvgIpc) is 2.79. The van der Waals surface area contributed by atoms with Crippen molar-refractivity contribution in [1.29, 1.82) is 0 Å². The average molecular weight is 304 g/mol. The van der Waals surface area contributed by atoms with Gasteiger partial charge in [0.25, 0.3) is 5.91 Å². The number of rotatable bonds is 5. The molecule has 2 aromatic rings. The summed E-state index contributed by atoms with van der Waals surface area (Å²) in [4.78, 5) is 27.8. The summed E-state index contributed by atoms with van der Waals surface area (Å²) >= 11 is 1.17. The quantitative estimate of drug-likeness (QED) is 0.862. The number of carbonyl (C=O) groups excluding carboxylic acids is 2. The molecule has 110 valence electrons. The van der Waals surface area contributed by atoms with Crippen LogP contribution in [0.1, 0.15) is 27.9 Å². The zero-order valence-electron chi connectivity index (χ0n) is 12.1. The van der Waals surface area contributed by atoms with Crippen LogP contribution in [0.3, 0.4) is 0 Å². The fourth-order valence-electron chi connectivity index (χ4n) is 1.72. The van der Waals surface area contributed by atoms with Crippen LogP contribution in [-0.4, -0.2) is 23.3 Å². The fraction of sp³-hybridized carbons (Fsp3) is 0.267. The number of nitrogens with one attached hydrogen (secondary N) is 1. The lowest BCUT2D eigenvalue weighted by molar-refractivity contribution is -0.118. The molecule has 0 unspecified atom stereocenters. The minimum Gasteiger partial charge on any atom is -0.484 e. The van der Waals surface area contributed by atoms with E-state index >= 15 is 0 Å². The Morgan fingerprint density at radius 3 is 2.48 bits per heavy atom. The third kappa shape index (κ3) is 4.13. The molecule has 0 aliphatic carbocycles. The van der Waals surface area contributed by atoms with Gasteiger partial charge in [-0.05, 0) is 26.0 Å². The zero-order chi connectivity index (χ0) is 15.4. The van der Waals surface area contributed by atoms with Gasteiger partial charge in [0.2, 0.25) is 0 Å². The number of benzene rings is 1. The number of ether oxygens (including phenoxy) is 1. The van der Waals surface area contributed by atoms with Crippen LogP contribution in [0.2, 0.25) is 0 Å². The molecule has 0 fully saturated rings. The first-order valence-electron chi connectivity index (χ1n) is 6.43. The van der Waals surface area contributed by atoms with Crippen molar-refractivity contribution < 1.29 is 14.3 Å².